The molecule has 130 valence electrons. The molecule has 2 amide bonds. The van der Waals surface area contributed by atoms with Crippen LogP contribution in [0.5, 0.6) is 17.2 Å². The van der Waals surface area contributed by atoms with Gasteiger partial charge in [0.15, 0.2) is 24.8 Å². The van der Waals surface area contributed by atoms with Gasteiger partial charge in [0.1, 0.15) is 17.3 Å². The molecular formula is C17H17N3O5. The molecule has 0 fully saturated rings. The molecule has 0 saturated carbocycles. The number of ether oxygens (including phenoxy) is 3. The van der Waals surface area contributed by atoms with Crippen LogP contribution >= 0.6 is 0 Å². The molecule has 2 N–H and O–H groups in total. The van der Waals surface area contributed by atoms with Crippen LogP contribution in [0.1, 0.15) is 6.92 Å². The molecule has 0 atom stereocenters. The zero-order valence-corrected chi connectivity index (χ0v) is 13.6. The lowest BCUT2D eigenvalue weighted by atomic mass is 10.3. The second-order valence-electron chi connectivity index (χ2n) is 5.12. The Morgan fingerprint density at radius 2 is 1.92 bits per heavy atom. The molecule has 0 spiro atoms. The molecule has 25 heavy (non-hydrogen) atoms. The van der Waals surface area contributed by atoms with Gasteiger partial charge in [0.05, 0.1) is 6.61 Å². The number of amides is 2. The van der Waals surface area contributed by atoms with E-state index in [0.717, 1.165) is 5.75 Å². The van der Waals surface area contributed by atoms with E-state index in [2.05, 4.69) is 15.6 Å². The third-order valence-corrected chi connectivity index (χ3v) is 3.25. The maximum atomic E-state index is 12.0. The van der Waals surface area contributed by atoms with Crippen molar-refractivity contribution in [3.05, 3.63) is 36.4 Å². The lowest BCUT2D eigenvalue weighted by molar-refractivity contribution is -0.119. The Morgan fingerprint density at radius 3 is 2.64 bits per heavy atom. The quantitative estimate of drug-likeness (QED) is 0.830. The van der Waals surface area contributed by atoms with Gasteiger partial charge in [-0.2, -0.15) is 0 Å². The van der Waals surface area contributed by atoms with Crippen molar-refractivity contribution in [2.75, 3.05) is 30.5 Å². The monoisotopic (exact) mass is 343 g/mol. The highest BCUT2D eigenvalue weighted by Gasteiger charge is 2.18. The van der Waals surface area contributed by atoms with Gasteiger partial charge in [0.2, 0.25) is 0 Å². The number of carbonyl (C=O) groups is 2. The lowest BCUT2D eigenvalue weighted by Gasteiger charge is -2.17. The average molecular weight is 343 g/mol. The standard InChI is InChI=1S/C17H17N3O5/c1-2-23-11-3-5-12(6-4-11)24-9-15(21)18-14-8-7-13-17(19-14)20-16(22)10-25-13/h3-8H,2,9-10H2,1H3,(H2,18,19,20,21,22). The number of rotatable bonds is 6. The molecule has 0 aliphatic carbocycles. The van der Waals surface area contributed by atoms with E-state index in [0.29, 0.717) is 23.9 Å². The highest BCUT2D eigenvalue weighted by molar-refractivity contribution is 5.95. The van der Waals surface area contributed by atoms with E-state index in [4.69, 9.17) is 14.2 Å². The summed E-state index contributed by atoms with van der Waals surface area (Å²) in [5.74, 6) is 1.67. The first-order chi connectivity index (χ1) is 12.1. The third-order valence-electron chi connectivity index (χ3n) is 3.25. The zero-order chi connectivity index (χ0) is 17.6. The maximum Gasteiger partial charge on any atom is 0.263 e. The van der Waals surface area contributed by atoms with Crippen LogP contribution < -0.4 is 24.8 Å². The molecule has 0 unspecified atom stereocenters. The van der Waals surface area contributed by atoms with Gasteiger partial charge in [0.25, 0.3) is 11.8 Å². The van der Waals surface area contributed by atoms with E-state index < -0.39 is 0 Å². The molecule has 1 aromatic heterocycles. The number of carbonyl (C=O) groups excluding carboxylic acids is 2. The summed E-state index contributed by atoms with van der Waals surface area (Å²) in [7, 11) is 0. The Morgan fingerprint density at radius 1 is 1.20 bits per heavy atom. The number of pyridine rings is 1. The van der Waals surface area contributed by atoms with Gasteiger partial charge in [-0.1, -0.05) is 0 Å². The number of hydrogen-bond acceptors (Lipinski definition) is 6. The third kappa shape index (κ3) is 4.37. The fourth-order valence-corrected chi connectivity index (χ4v) is 2.16. The van der Waals surface area contributed by atoms with Gasteiger partial charge in [-0.15, -0.1) is 0 Å². The van der Waals surface area contributed by atoms with Gasteiger partial charge in [0, 0.05) is 0 Å². The fourth-order valence-electron chi connectivity index (χ4n) is 2.16. The van der Waals surface area contributed by atoms with E-state index in [9.17, 15) is 9.59 Å². The first-order valence-electron chi connectivity index (χ1n) is 7.73. The van der Waals surface area contributed by atoms with E-state index >= 15 is 0 Å². The van der Waals surface area contributed by atoms with Crippen molar-refractivity contribution in [1.29, 1.82) is 0 Å². The minimum absolute atomic E-state index is 0.0453. The molecular weight excluding hydrogens is 326 g/mol. The normalized spacial score (nSPS) is 12.4. The number of aromatic nitrogens is 1. The Balaban J connectivity index is 1.54. The smallest absolute Gasteiger partial charge is 0.263 e. The molecule has 2 heterocycles. The Hall–Kier alpha value is -3.29. The highest BCUT2D eigenvalue weighted by atomic mass is 16.5. The van der Waals surface area contributed by atoms with Crippen molar-refractivity contribution in [1.82, 2.24) is 4.98 Å². The van der Waals surface area contributed by atoms with Gasteiger partial charge < -0.3 is 24.8 Å². The second kappa shape index (κ2) is 7.52. The van der Waals surface area contributed by atoms with Crippen molar-refractivity contribution in [3.8, 4) is 17.2 Å². The van der Waals surface area contributed by atoms with Gasteiger partial charge in [-0.3, -0.25) is 9.59 Å². The van der Waals surface area contributed by atoms with Gasteiger partial charge >= 0.3 is 0 Å². The van der Waals surface area contributed by atoms with Crippen LogP contribution in [0.4, 0.5) is 11.6 Å². The summed E-state index contributed by atoms with van der Waals surface area (Å²) in [5.41, 5.74) is 0. The van der Waals surface area contributed by atoms with Crippen LogP contribution in [0.2, 0.25) is 0 Å². The summed E-state index contributed by atoms with van der Waals surface area (Å²) in [6, 6.07) is 10.2. The molecule has 0 bridgehead atoms. The summed E-state index contributed by atoms with van der Waals surface area (Å²) in [6.07, 6.45) is 0. The molecule has 1 aliphatic rings. The molecule has 1 aromatic carbocycles. The molecule has 8 nitrogen and oxygen atoms in total. The number of benzene rings is 1. The number of nitrogens with zero attached hydrogens (tertiary/aromatic N) is 1. The fraction of sp³-hybridized carbons (Fsp3) is 0.235. The Bertz CT molecular complexity index is 776. The van der Waals surface area contributed by atoms with Crippen molar-refractivity contribution < 1.29 is 23.8 Å². The van der Waals surface area contributed by atoms with Crippen molar-refractivity contribution >= 4 is 23.5 Å². The first-order valence-corrected chi connectivity index (χ1v) is 7.73. The summed E-state index contributed by atoms with van der Waals surface area (Å²) < 4.78 is 16.0. The van der Waals surface area contributed by atoms with Crippen molar-refractivity contribution in [2.45, 2.75) is 6.92 Å². The van der Waals surface area contributed by atoms with Crippen molar-refractivity contribution in [3.63, 3.8) is 0 Å². The van der Waals surface area contributed by atoms with Crippen LogP contribution in [0, 0.1) is 0 Å². The van der Waals surface area contributed by atoms with Gasteiger partial charge in [-0.25, -0.2) is 4.98 Å². The number of nitrogens with one attached hydrogen (secondary N) is 2. The highest BCUT2D eigenvalue weighted by Crippen LogP contribution is 2.26. The zero-order valence-electron chi connectivity index (χ0n) is 13.6. The summed E-state index contributed by atoms with van der Waals surface area (Å²) in [5, 5.41) is 5.18. The van der Waals surface area contributed by atoms with Crippen LogP contribution in [0.15, 0.2) is 36.4 Å². The molecule has 0 saturated heterocycles. The van der Waals surface area contributed by atoms with Crippen LogP contribution in [-0.2, 0) is 9.59 Å². The number of fused-ring (bicyclic) bond motifs is 1. The van der Waals surface area contributed by atoms with Crippen LogP contribution in [0.3, 0.4) is 0 Å². The Kier molecular flexibility index (Phi) is 4.98. The van der Waals surface area contributed by atoms with E-state index in [1.807, 2.05) is 6.92 Å². The minimum Gasteiger partial charge on any atom is -0.494 e. The first kappa shape index (κ1) is 16.6. The molecule has 0 radical (unpaired) electrons. The van der Waals surface area contributed by atoms with Crippen molar-refractivity contribution in [2.24, 2.45) is 0 Å². The molecule has 3 rings (SSSR count). The summed E-state index contributed by atoms with van der Waals surface area (Å²) >= 11 is 0. The van der Waals surface area contributed by atoms with Crippen LogP contribution in [-0.4, -0.2) is 36.6 Å². The second-order valence-corrected chi connectivity index (χ2v) is 5.12. The molecule has 8 heteroatoms. The number of anilines is 2. The predicted molar refractivity (Wildman–Crippen MR) is 90.1 cm³/mol. The minimum atomic E-state index is -0.371. The van der Waals surface area contributed by atoms with E-state index in [1.165, 1.54) is 0 Å². The Labute approximate surface area is 144 Å². The summed E-state index contributed by atoms with van der Waals surface area (Å²) in [4.78, 5) is 27.4. The van der Waals surface area contributed by atoms with Crippen LogP contribution in [0.25, 0.3) is 0 Å². The topological polar surface area (TPSA) is 98.8 Å². The summed E-state index contributed by atoms with van der Waals surface area (Å²) in [6.45, 7) is 2.27. The predicted octanol–water partition coefficient (Wildman–Crippen LogP) is 1.83. The molecule has 1 aliphatic heterocycles. The van der Waals surface area contributed by atoms with E-state index in [-0.39, 0.29) is 30.8 Å². The van der Waals surface area contributed by atoms with E-state index in [1.54, 1.807) is 36.4 Å². The SMILES string of the molecule is CCOc1ccc(OCC(=O)Nc2ccc3c(n2)NC(=O)CO3)cc1. The van der Waals surface area contributed by atoms with Gasteiger partial charge in [-0.05, 0) is 43.3 Å². The lowest BCUT2D eigenvalue weighted by Crippen LogP contribution is -2.27. The largest absolute Gasteiger partial charge is 0.494 e. The number of hydrogen-bond donors (Lipinski definition) is 2. The maximum absolute atomic E-state index is 12.0. The average Bonchev–Trinajstić information content (AvgIpc) is 2.61. The molecule has 2 aromatic rings.